The molecule has 1 atom stereocenters. The van der Waals surface area contributed by atoms with E-state index in [1.165, 1.54) is 0 Å². The molecule has 1 fully saturated rings. The van der Waals surface area contributed by atoms with Crippen LogP contribution < -0.4 is 0 Å². The van der Waals surface area contributed by atoms with E-state index in [0.717, 1.165) is 0 Å². The van der Waals surface area contributed by atoms with E-state index in [-0.39, 0.29) is 24.2 Å². The molecule has 0 aliphatic carbocycles. The van der Waals surface area contributed by atoms with Gasteiger partial charge in [-0.05, 0) is 11.8 Å². The molecule has 1 unspecified atom stereocenters. The van der Waals surface area contributed by atoms with E-state index in [0.29, 0.717) is 19.6 Å². The van der Waals surface area contributed by atoms with Crippen molar-refractivity contribution in [2.75, 3.05) is 19.8 Å². The summed E-state index contributed by atoms with van der Waals surface area (Å²) in [5.41, 5.74) is -0.0217. The van der Waals surface area contributed by atoms with Crippen molar-refractivity contribution in [2.24, 2.45) is 5.41 Å². The highest BCUT2D eigenvalue weighted by Gasteiger charge is 2.36. The minimum absolute atomic E-state index is 0.0217. The second-order valence-corrected chi connectivity index (χ2v) is 4.70. The number of aliphatic hydroxyl groups is 1. The Morgan fingerprint density at radius 2 is 2.21 bits per heavy atom. The Kier molecular flexibility index (Phi) is 3.37. The van der Waals surface area contributed by atoms with Crippen LogP contribution in [0, 0.1) is 5.41 Å². The van der Waals surface area contributed by atoms with Crippen LogP contribution >= 0.6 is 0 Å². The first-order valence-corrected chi connectivity index (χ1v) is 5.01. The van der Waals surface area contributed by atoms with Gasteiger partial charge in [-0.25, -0.2) is 4.79 Å². The summed E-state index contributed by atoms with van der Waals surface area (Å²) in [4.78, 5) is 13.1. The van der Waals surface area contributed by atoms with Gasteiger partial charge in [-0.3, -0.25) is 0 Å². The van der Waals surface area contributed by atoms with Crippen LogP contribution in [0.15, 0.2) is 0 Å². The maximum Gasteiger partial charge on any atom is 0.410 e. The fourth-order valence-electron chi connectivity index (χ4n) is 1.87. The topological polar surface area (TPSA) is 49.8 Å². The number of amides is 1. The third-order valence-corrected chi connectivity index (χ3v) is 2.57. The molecule has 82 valence electrons. The number of nitrogens with zero attached hydrogens (tertiary/aromatic N) is 1. The number of rotatable bonds is 3. The Morgan fingerprint density at radius 1 is 1.57 bits per heavy atom. The van der Waals surface area contributed by atoms with E-state index in [4.69, 9.17) is 9.84 Å². The summed E-state index contributed by atoms with van der Waals surface area (Å²) in [7, 11) is 0. The second kappa shape index (κ2) is 4.17. The summed E-state index contributed by atoms with van der Waals surface area (Å²) in [6.07, 6.45) is 0.358. The van der Waals surface area contributed by atoms with Crippen LogP contribution in [0.1, 0.15) is 27.2 Å². The van der Waals surface area contributed by atoms with Crippen molar-refractivity contribution < 1.29 is 14.6 Å². The summed E-state index contributed by atoms with van der Waals surface area (Å²) in [6.45, 7) is 7.42. The molecule has 1 N–H and O–H groups in total. The lowest BCUT2D eigenvalue weighted by Crippen LogP contribution is -2.45. The van der Waals surface area contributed by atoms with Gasteiger partial charge in [0.25, 0.3) is 0 Å². The third-order valence-electron chi connectivity index (χ3n) is 2.57. The Labute approximate surface area is 84.8 Å². The fraction of sp³-hybridized carbons (Fsp3) is 0.900. The molecule has 0 aromatic carbocycles. The van der Waals surface area contributed by atoms with Gasteiger partial charge in [-0.15, -0.1) is 0 Å². The van der Waals surface area contributed by atoms with E-state index in [9.17, 15) is 4.79 Å². The SMILES string of the molecule is CC(C)(C)C(CCO)N1CCOC1=O. The standard InChI is InChI=1S/C10H19NO3/c1-10(2,3)8(4-6-12)11-5-7-14-9(11)13/h8,12H,4-7H2,1-3H3. The first-order chi connectivity index (χ1) is 6.46. The van der Waals surface area contributed by atoms with Gasteiger partial charge in [0.05, 0.1) is 6.54 Å². The molecule has 0 radical (unpaired) electrons. The van der Waals surface area contributed by atoms with Gasteiger partial charge in [0.15, 0.2) is 0 Å². The summed E-state index contributed by atoms with van der Waals surface area (Å²) < 4.78 is 4.89. The summed E-state index contributed by atoms with van der Waals surface area (Å²) in [5, 5.41) is 8.97. The van der Waals surface area contributed by atoms with Crippen LogP contribution in [0.25, 0.3) is 0 Å². The van der Waals surface area contributed by atoms with Crippen LogP contribution in [0.3, 0.4) is 0 Å². The van der Waals surface area contributed by atoms with Crippen LogP contribution in [0.2, 0.25) is 0 Å². The number of carbonyl (C=O) groups excluding carboxylic acids is 1. The molecule has 0 saturated carbocycles. The predicted molar refractivity (Wildman–Crippen MR) is 53.0 cm³/mol. The molecule has 1 aliphatic rings. The highest BCUT2D eigenvalue weighted by molar-refractivity contribution is 5.69. The van der Waals surface area contributed by atoms with Crippen molar-refractivity contribution in [3.05, 3.63) is 0 Å². The number of carbonyl (C=O) groups is 1. The van der Waals surface area contributed by atoms with Gasteiger partial charge in [0.2, 0.25) is 0 Å². The first-order valence-electron chi connectivity index (χ1n) is 5.01. The molecule has 1 amide bonds. The number of hydrogen-bond acceptors (Lipinski definition) is 3. The van der Waals surface area contributed by atoms with Crippen molar-refractivity contribution in [1.29, 1.82) is 0 Å². The van der Waals surface area contributed by atoms with Crippen molar-refractivity contribution in [2.45, 2.75) is 33.2 Å². The molecule has 0 bridgehead atoms. The van der Waals surface area contributed by atoms with Gasteiger partial charge < -0.3 is 14.7 Å². The normalized spacial score (nSPS) is 19.7. The molecular weight excluding hydrogens is 182 g/mol. The average Bonchev–Trinajstić information content (AvgIpc) is 2.45. The van der Waals surface area contributed by atoms with Crippen LogP contribution in [0.5, 0.6) is 0 Å². The zero-order chi connectivity index (χ0) is 10.8. The Bertz CT molecular complexity index is 210. The van der Waals surface area contributed by atoms with Crippen molar-refractivity contribution in [1.82, 2.24) is 4.90 Å². The van der Waals surface area contributed by atoms with Crippen LogP contribution in [-0.4, -0.2) is 41.9 Å². The molecule has 0 aromatic rings. The quantitative estimate of drug-likeness (QED) is 0.747. The van der Waals surface area contributed by atoms with Crippen molar-refractivity contribution in [3.8, 4) is 0 Å². The van der Waals surface area contributed by atoms with Crippen molar-refractivity contribution >= 4 is 6.09 Å². The van der Waals surface area contributed by atoms with E-state index >= 15 is 0 Å². The highest BCUT2D eigenvalue weighted by Crippen LogP contribution is 2.28. The van der Waals surface area contributed by atoms with Crippen molar-refractivity contribution in [3.63, 3.8) is 0 Å². The Balaban J connectivity index is 2.71. The molecule has 1 heterocycles. The Hall–Kier alpha value is -0.770. The van der Waals surface area contributed by atoms with Gasteiger partial charge >= 0.3 is 6.09 Å². The first kappa shape index (κ1) is 11.3. The summed E-state index contributed by atoms with van der Waals surface area (Å²) in [5.74, 6) is 0. The largest absolute Gasteiger partial charge is 0.448 e. The lowest BCUT2D eigenvalue weighted by molar-refractivity contribution is 0.0964. The maximum absolute atomic E-state index is 11.4. The van der Waals surface area contributed by atoms with E-state index < -0.39 is 0 Å². The van der Waals surface area contributed by atoms with Crippen LogP contribution in [0.4, 0.5) is 4.79 Å². The number of cyclic esters (lactones) is 1. The van der Waals surface area contributed by atoms with E-state index in [1.807, 2.05) is 0 Å². The second-order valence-electron chi connectivity index (χ2n) is 4.70. The molecule has 0 aromatic heterocycles. The summed E-state index contributed by atoms with van der Waals surface area (Å²) in [6, 6.07) is 0.0579. The van der Waals surface area contributed by atoms with Gasteiger partial charge in [0, 0.05) is 12.6 Å². The molecule has 1 aliphatic heterocycles. The van der Waals surface area contributed by atoms with Crippen LogP contribution in [-0.2, 0) is 4.74 Å². The molecule has 4 nitrogen and oxygen atoms in total. The lowest BCUT2D eigenvalue weighted by atomic mass is 9.84. The highest BCUT2D eigenvalue weighted by atomic mass is 16.6. The zero-order valence-corrected chi connectivity index (χ0v) is 9.12. The molecular formula is C10H19NO3. The maximum atomic E-state index is 11.4. The monoisotopic (exact) mass is 201 g/mol. The van der Waals surface area contributed by atoms with Gasteiger partial charge in [0.1, 0.15) is 6.61 Å². The zero-order valence-electron chi connectivity index (χ0n) is 9.12. The molecule has 4 heteroatoms. The average molecular weight is 201 g/mol. The minimum Gasteiger partial charge on any atom is -0.448 e. The summed E-state index contributed by atoms with van der Waals surface area (Å²) >= 11 is 0. The van der Waals surface area contributed by atoms with E-state index in [2.05, 4.69) is 20.8 Å². The minimum atomic E-state index is -0.252. The number of hydrogen-bond donors (Lipinski definition) is 1. The molecule has 1 rings (SSSR count). The van der Waals surface area contributed by atoms with Gasteiger partial charge in [-0.2, -0.15) is 0 Å². The molecule has 1 saturated heterocycles. The van der Waals surface area contributed by atoms with E-state index in [1.54, 1.807) is 4.90 Å². The Morgan fingerprint density at radius 3 is 2.57 bits per heavy atom. The fourth-order valence-corrected chi connectivity index (χ4v) is 1.87. The number of ether oxygens (including phenoxy) is 1. The molecule has 14 heavy (non-hydrogen) atoms. The predicted octanol–water partition coefficient (Wildman–Crippen LogP) is 1.24. The van der Waals surface area contributed by atoms with Gasteiger partial charge in [-0.1, -0.05) is 20.8 Å². The lowest BCUT2D eigenvalue weighted by Gasteiger charge is -2.36. The number of aliphatic hydroxyl groups excluding tert-OH is 1. The molecule has 0 spiro atoms. The smallest absolute Gasteiger partial charge is 0.410 e. The third kappa shape index (κ3) is 2.38.